The van der Waals surface area contributed by atoms with Gasteiger partial charge in [-0.25, -0.2) is 4.98 Å². The monoisotopic (exact) mass is 436 g/mol. The van der Waals surface area contributed by atoms with Crippen LogP contribution in [0.3, 0.4) is 0 Å². The second-order valence-corrected chi connectivity index (χ2v) is 8.54. The molecule has 1 aliphatic heterocycles. The lowest BCUT2D eigenvalue weighted by Crippen LogP contribution is -2.44. The normalized spacial score (nSPS) is 16.5. The Labute approximate surface area is 191 Å². The molecule has 4 aromatic heterocycles. The number of anilines is 1. The Morgan fingerprint density at radius 2 is 2.00 bits per heavy atom. The predicted molar refractivity (Wildman–Crippen MR) is 130 cm³/mol. The van der Waals surface area contributed by atoms with Crippen molar-refractivity contribution in [1.82, 2.24) is 25.1 Å². The molecular weight excluding hydrogens is 412 g/mol. The largest absolute Gasteiger partial charge is 0.377 e. The molecule has 0 radical (unpaired) electrons. The zero-order valence-corrected chi connectivity index (χ0v) is 18.6. The second-order valence-electron chi connectivity index (χ2n) is 8.54. The third-order valence-electron chi connectivity index (χ3n) is 6.39. The van der Waals surface area contributed by atoms with Gasteiger partial charge in [-0.05, 0) is 42.5 Å². The first-order chi connectivity index (χ1) is 16.2. The molecule has 5 aromatic rings. The minimum Gasteiger partial charge on any atom is -0.377 e. The third kappa shape index (κ3) is 3.32. The molecule has 1 aromatic carbocycles. The number of hydrogen-bond donors (Lipinski definition) is 1. The van der Waals surface area contributed by atoms with Gasteiger partial charge >= 0.3 is 0 Å². The number of aromatic nitrogens is 5. The highest BCUT2D eigenvalue weighted by Crippen LogP contribution is 2.39. The van der Waals surface area contributed by atoms with E-state index in [1.54, 1.807) is 6.20 Å². The number of nitrogens with zero attached hydrogens (tertiary/aromatic N) is 5. The van der Waals surface area contributed by atoms with Gasteiger partial charge in [0.1, 0.15) is 17.0 Å². The van der Waals surface area contributed by atoms with Gasteiger partial charge in [0, 0.05) is 47.7 Å². The summed E-state index contributed by atoms with van der Waals surface area (Å²) in [6, 6.07) is 12.7. The molecule has 7 heteroatoms. The molecule has 1 saturated heterocycles. The second kappa shape index (κ2) is 7.94. The summed E-state index contributed by atoms with van der Waals surface area (Å²) in [6.45, 7) is 6.44. The topological polar surface area (TPSA) is 79.8 Å². The van der Waals surface area contributed by atoms with Crippen molar-refractivity contribution in [1.29, 1.82) is 0 Å². The van der Waals surface area contributed by atoms with Crippen molar-refractivity contribution in [2.24, 2.45) is 0 Å². The fraction of sp³-hybridized carbons (Fsp3) is 0.231. The molecule has 1 N–H and O–H groups in total. The molecule has 0 spiro atoms. The van der Waals surface area contributed by atoms with Crippen molar-refractivity contribution in [3.8, 4) is 22.5 Å². The molecule has 7 nitrogen and oxygen atoms in total. The summed E-state index contributed by atoms with van der Waals surface area (Å²) in [5, 5.41) is 10.6. The van der Waals surface area contributed by atoms with E-state index in [0.29, 0.717) is 13.2 Å². The maximum atomic E-state index is 5.69. The molecule has 0 unspecified atom stereocenters. The van der Waals surface area contributed by atoms with Crippen molar-refractivity contribution >= 4 is 27.5 Å². The van der Waals surface area contributed by atoms with Crippen molar-refractivity contribution in [3.63, 3.8) is 0 Å². The van der Waals surface area contributed by atoms with Crippen LogP contribution in [0.25, 0.3) is 44.2 Å². The summed E-state index contributed by atoms with van der Waals surface area (Å²) >= 11 is 0. The highest BCUT2D eigenvalue weighted by atomic mass is 16.5. The van der Waals surface area contributed by atoms with E-state index < -0.39 is 0 Å². The summed E-state index contributed by atoms with van der Waals surface area (Å²) < 4.78 is 5.69. The van der Waals surface area contributed by atoms with Gasteiger partial charge in [-0.15, -0.1) is 0 Å². The summed E-state index contributed by atoms with van der Waals surface area (Å²) in [5.74, 6) is 0.925. The molecular formula is C26H24N6O. The van der Waals surface area contributed by atoms with Crippen LogP contribution in [0, 0.1) is 6.92 Å². The van der Waals surface area contributed by atoms with Gasteiger partial charge in [-0.2, -0.15) is 5.10 Å². The number of hydrogen-bond acceptors (Lipinski definition) is 6. The third-order valence-corrected chi connectivity index (χ3v) is 6.39. The van der Waals surface area contributed by atoms with Gasteiger partial charge in [0.05, 0.1) is 24.9 Å². The Balaban J connectivity index is 1.71. The number of ether oxygens (including phenoxy) is 1. The Hall–Kier alpha value is -3.84. The number of H-pyrrole nitrogens is 1. The minimum absolute atomic E-state index is 0.232. The summed E-state index contributed by atoms with van der Waals surface area (Å²) in [5.41, 5.74) is 5.78. The summed E-state index contributed by atoms with van der Waals surface area (Å²) in [7, 11) is 0. The predicted octanol–water partition coefficient (Wildman–Crippen LogP) is 4.77. The van der Waals surface area contributed by atoms with Crippen LogP contribution in [-0.2, 0) is 4.74 Å². The fourth-order valence-corrected chi connectivity index (χ4v) is 4.73. The van der Waals surface area contributed by atoms with Crippen molar-refractivity contribution in [2.45, 2.75) is 19.9 Å². The average molecular weight is 437 g/mol. The van der Waals surface area contributed by atoms with E-state index in [0.717, 1.165) is 56.7 Å². The van der Waals surface area contributed by atoms with E-state index in [1.165, 1.54) is 5.39 Å². The number of aromatic amines is 1. The lowest BCUT2D eigenvalue weighted by molar-refractivity contribution is 0.0986. The quantitative estimate of drug-likeness (QED) is 0.439. The molecule has 0 bridgehead atoms. The number of rotatable bonds is 3. The standard InChI is InChI=1S/C26H24N6O/c1-16-12-28-25(22-7-8-29-31-22)26-24(16)20(11-23(30-26)32-9-10-33-15-17(32)2)21-14-27-13-18-5-3-4-6-19(18)21/h3-8,11-14,17H,9-10,15H2,1-2H3,(H,29,31)/t17-/m1/s1. The lowest BCUT2D eigenvalue weighted by atomic mass is 9.95. The van der Waals surface area contributed by atoms with E-state index in [-0.39, 0.29) is 6.04 Å². The molecule has 33 heavy (non-hydrogen) atoms. The highest BCUT2D eigenvalue weighted by Gasteiger charge is 2.24. The van der Waals surface area contributed by atoms with Crippen LogP contribution < -0.4 is 4.90 Å². The zero-order valence-electron chi connectivity index (χ0n) is 18.6. The molecule has 164 valence electrons. The molecule has 5 heterocycles. The molecule has 0 saturated carbocycles. The van der Waals surface area contributed by atoms with Crippen LogP contribution in [0.2, 0.25) is 0 Å². The number of fused-ring (bicyclic) bond motifs is 2. The first-order valence-electron chi connectivity index (χ1n) is 11.2. The molecule has 1 fully saturated rings. The molecule has 0 aliphatic carbocycles. The van der Waals surface area contributed by atoms with Gasteiger partial charge < -0.3 is 9.64 Å². The van der Waals surface area contributed by atoms with Gasteiger partial charge in [-0.3, -0.25) is 15.1 Å². The summed E-state index contributed by atoms with van der Waals surface area (Å²) in [6.07, 6.45) is 7.53. The Bertz CT molecular complexity index is 1460. The van der Waals surface area contributed by atoms with Crippen molar-refractivity contribution in [2.75, 3.05) is 24.7 Å². The number of aryl methyl sites for hydroxylation is 1. The SMILES string of the molecule is Cc1cnc(-c2ccn[nH]2)c2nc(N3CCOC[C@H]3C)cc(-c3cncc4ccccc34)c12. The fourth-order valence-electron chi connectivity index (χ4n) is 4.73. The van der Waals surface area contributed by atoms with Crippen molar-refractivity contribution < 1.29 is 4.74 Å². The Morgan fingerprint density at radius 3 is 2.85 bits per heavy atom. The molecule has 1 aliphatic rings. The van der Waals surface area contributed by atoms with Crippen LogP contribution in [0.4, 0.5) is 5.82 Å². The molecule has 1 atom stereocenters. The molecule has 0 amide bonds. The number of benzene rings is 1. The van der Waals surface area contributed by atoms with Gasteiger partial charge in [0.15, 0.2) is 0 Å². The van der Waals surface area contributed by atoms with Crippen molar-refractivity contribution in [3.05, 3.63) is 66.7 Å². The van der Waals surface area contributed by atoms with E-state index >= 15 is 0 Å². The smallest absolute Gasteiger partial charge is 0.130 e. The lowest BCUT2D eigenvalue weighted by Gasteiger charge is -2.34. The first-order valence-corrected chi connectivity index (χ1v) is 11.2. The molecule has 6 rings (SSSR count). The van der Waals surface area contributed by atoms with Gasteiger partial charge in [0.2, 0.25) is 0 Å². The Kier molecular flexibility index (Phi) is 4.77. The summed E-state index contributed by atoms with van der Waals surface area (Å²) in [4.78, 5) is 16.8. The highest BCUT2D eigenvalue weighted by molar-refractivity contribution is 6.08. The van der Waals surface area contributed by atoms with Crippen LogP contribution in [0.15, 0.2) is 61.2 Å². The van der Waals surface area contributed by atoms with Crippen LogP contribution >= 0.6 is 0 Å². The van der Waals surface area contributed by atoms with Gasteiger partial charge in [-0.1, -0.05) is 24.3 Å². The average Bonchev–Trinajstić information content (AvgIpc) is 3.38. The number of pyridine rings is 3. The maximum absolute atomic E-state index is 5.69. The minimum atomic E-state index is 0.232. The van der Waals surface area contributed by atoms with E-state index in [9.17, 15) is 0 Å². The number of nitrogens with one attached hydrogen (secondary N) is 1. The van der Waals surface area contributed by atoms with E-state index in [4.69, 9.17) is 14.7 Å². The van der Waals surface area contributed by atoms with Crippen LogP contribution in [0.5, 0.6) is 0 Å². The van der Waals surface area contributed by atoms with E-state index in [2.05, 4.69) is 58.2 Å². The first kappa shape index (κ1) is 19.8. The van der Waals surface area contributed by atoms with Gasteiger partial charge in [0.25, 0.3) is 0 Å². The Morgan fingerprint density at radius 1 is 1.09 bits per heavy atom. The zero-order chi connectivity index (χ0) is 22.4. The van der Waals surface area contributed by atoms with Crippen LogP contribution in [0.1, 0.15) is 12.5 Å². The van der Waals surface area contributed by atoms with E-state index in [1.807, 2.05) is 30.7 Å². The number of morpholine rings is 1. The maximum Gasteiger partial charge on any atom is 0.130 e. The van der Waals surface area contributed by atoms with Crippen LogP contribution in [-0.4, -0.2) is 50.9 Å².